The Kier molecular flexibility index (Phi) is 4.25. The Balaban J connectivity index is 2.33. The van der Waals surface area contributed by atoms with Crippen LogP contribution in [0.15, 0.2) is 48.5 Å². The summed E-state index contributed by atoms with van der Waals surface area (Å²) in [6, 6.07) is 14.1. The first-order valence-electron chi connectivity index (χ1n) is 5.61. The summed E-state index contributed by atoms with van der Waals surface area (Å²) in [5.74, 6) is 0. The lowest BCUT2D eigenvalue weighted by Gasteiger charge is -2.22. The maximum Gasteiger partial charge on any atom is 0.0506 e. The van der Waals surface area contributed by atoms with Gasteiger partial charge in [0.15, 0.2) is 0 Å². The van der Waals surface area contributed by atoms with Crippen LogP contribution in [0.2, 0.25) is 10.0 Å². The molecule has 0 saturated carbocycles. The fraction of sp³-hybridized carbons (Fsp3) is 0.143. The lowest BCUT2D eigenvalue weighted by atomic mass is 9.95. The van der Waals surface area contributed by atoms with E-state index in [1.54, 1.807) is 12.1 Å². The molecule has 0 fully saturated rings. The molecule has 0 unspecified atom stereocenters. The van der Waals surface area contributed by atoms with Crippen molar-refractivity contribution in [2.45, 2.75) is 12.1 Å². The van der Waals surface area contributed by atoms with Gasteiger partial charge in [-0.3, -0.25) is 0 Å². The molecule has 4 N–H and O–H groups in total. The highest BCUT2D eigenvalue weighted by Crippen LogP contribution is 2.32. The van der Waals surface area contributed by atoms with E-state index in [0.29, 0.717) is 10.0 Å². The third-order valence-corrected chi connectivity index (χ3v) is 3.60. The van der Waals surface area contributed by atoms with Gasteiger partial charge < -0.3 is 11.5 Å². The van der Waals surface area contributed by atoms with E-state index in [9.17, 15) is 0 Å². The zero-order valence-corrected chi connectivity index (χ0v) is 11.2. The van der Waals surface area contributed by atoms with Gasteiger partial charge >= 0.3 is 0 Å². The van der Waals surface area contributed by atoms with E-state index in [4.69, 9.17) is 34.7 Å². The van der Waals surface area contributed by atoms with Gasteiger partial charge in [-0.25, -0.2) is 0 Å². The molecule has 2 rings (SSSR count). The largest absolute Gasteiger partial charge is 0.322 e. The van der Waals surface area contributed by atoms with Gasteiger partial charge in [-0.2, -0.15) is 0 Å². The molecule has 0 aliphatic rings. The average molecular weight is 281 g/mol. The topological polar surface area (TPSA) is 52.0 Å². The summed E-state index contributed by atoms with van der Waals surface area (Å²) in [4.78, 5) is 0. The summed E-state index contributed by atoms with van der Waals surface area (Å²) < 4.78 is 0. The standard InChI is InChI=1S/C14H14Cl2N2/c15-11-7-3-1-5-9(11)13(17)14(18)10-6-2-4-8-12(10)16/h1-8,13-14H,17-18H2/t13-,14+. The fourth-order valence-corrected chi connectivity index (χ4v) is 2.40. The monoisotopic (exact) mass is 280 g/mol. The van der Waals surface area contributed by atoms with Crippen molar-refractivity contribution in [3.8, 4) is 0 Å². The van der Waals surface area contributed by atoms with E-state index in [0.717, 1.165) is 11.1 Å². The molecule has 0 saturated heterocycles. The number of halogens is 2. The highest BCUT2D eigenvalue weighted by molar-refractivity contribution is 6.31. The Labute approximate surface area is 117 Å². The minimum Gasteiger partial charge on any atom is -0.322 e. The van der Waals surface area contributed by atoms with E-state index < -0.39 is 12.1 Å². The van der Waals surface area contributed by atoms with Crippen LogP contribution in [-0.4, -0.2) is 0 Å². The van der Waals surface area contributed by atoms with Crippen molar-refractivity contribution in [2.75, 3.05) is 0 Å². The minimum atomic E-state index is -0.390. The fourth-order valence-electron chi connectivity index (χ4n) is 1.88. The van der Waals surface area contributed by atoms with Crippen LogP contribution in [-0.2, 0) is 0 Å². The Morgan fingerprint density at radius 1 is 0.667 bits per heavy atom. The zero-order chi connectivity index (χ0) is 13.1. The quantitative estimate of drug-likeness (QED) is 0.901. The molecule has 0 bridgehead atoms. The van der Waals surface area contributed by atoms with E-state index >= 15 is 0 Å². The summed E-state index contributed by atoms with van der Waals surface area (Å²) in [6.07, 6.45) is 0. The van der Waals surface area contributed by atoms with Crippen molar-refractivity contribution in [1.29, 1.82) is 0 Å². The molecular formula is C14H14Cl2N2. The van der Waals surface area contributed by atoms with Gasteiger partial charge in [0.25, 0.3) is 0 Å². The van der Waals surface area contributed by atoms with Crippen molar-refractivity contribution in [1.82, 2.24) is 0 Å². The molecule has 2 nitrogen and oxygen atoms in total. The SMILES string of the molecule is N[C@H](c1ccccc1Cl)[C@@H](N)c1ccccc1Cl. The molecule has 94 valence electrons. The number of rotatable bonds is 3. The Hall–Kier alpha value is -1.06. The molecule has 0 aliphatic heterocycles. The van der Waals surface area contributed by atoms with Crippen LogP contribution in [0.3, 0.4) is 0 Å². The number of benzene rings is 2. The first kappa shape index (κ1) is 13.4. The zero-order valence-electron chi connectivity index (χ0n) is 9.68. The predicted molar refractivity (Wildman–Crippen MR) is 76.8 cm³/mol. The molecule has 0 radical (unpaired) electrons. The molecule has 0 aromatic heterocycles. The summed E-state index contributed by atoms with van der Waals surface area (Å²) in [5, 5.41) is 1.24. The third-order valence-electron chi connectivity index (χ3n) is 2.92. The highest BCUT2D eigenvalue weighted by Gasteiger charge is 2.20. The van der Waals surface area contributed by atoms with Crippen LogP contribution < -0.4 is 11.5 Å². The van der Waals surface area contributed by atoms with E-state index in [1.807, 2.05) is 36.4 Å². The van der Waals surface area contributed by atoms with Gasteiger partial charge in [-0.1, -0.05) is 59.6 Å². The van der Waals surface area contributed by atoms with Crippen molar-refractivity contribution >= 4 is 23.2 Å². The minimum absolute atomic E-state index is 0.390. The summed E-state index contributed by atoms with van der Waals surface area (Å²) in [6.45, 7) is 0. The van der Waals surface area contributed by atoms with Gasteiger partial charge in [-0.05, 0) is 23.3 Å². The molecule has 18 heavy (non-hydrogen) atoms. The Morgan fingerprint density at radius 3 is 1.33 bits per heavy atom. The van der Waals surface area contributed by atoms with Crippen LogP contribution in [0.5, 0.6) is 0 Å². The number of nitrogens with two attached hydrogens (primary N) is 2. The maximum atomic E-state index is 6.17. The second-order valence-corrected chi connectivity index (χ2v) is 4.91. The molecule has 0 aliphatic carbocycles. The van der Waals surface area contributed by atoms with Gasteiger partial charge in [0.2, 0.25) is 0 Å². The molecule has 2 aromatic rings. The third kappa shape index (κ3) is 2.68. The second-order valence-electron chi connectivity index (χ2n) is 4.09. The van der Waals surface area contributed by atoms with Crippen LogP contribution in [0.1, 0.15) is 23.2 Å². The molecule has 4 heteroatoms. The molecule has 0 heterocycles. The molecule has 0 amide bonds. The Morgan fingerprint density at radius 2 is 1.00 bits per heavy atom. The van der Waals surface area contributed by atoms with E-state index in [1.165, 1.54) is 0 Å². The molecular weight excluding hydrogens is 267 g/mol. The first-order valence-corrected chi connectivity index (χ1v) is 6.37. The first-order chi connectivity index (χ1) is 8.61. The van der Waals surface area contributed by atoms with Gasteiger partial charge in [0.1, 0.15) is 0 Å². The molecule has 2 aromatic carbocycles. The number of hydrogen-bond acceptors (Lipinski definition) is 2. The number of hydrogen-bond donors (Lipinski definition) is 2. The van der Waals surface area contributed by atoms with E-state index in [-0.39, 0.29) is 0 Å². The molecule has 0 spiro atoms. The maximum absolute atomic E-state index is 6.17. The van der Waals surface area contributed by atoms with Crippen molar-refractivity contribution < 1.29 is 0 Å². The van der Waals surface area contributed by atoms with Crippen LogP contribution in [0.4, 0.5) is 0 Å². The smallest absolute Gasteiger partial charge is 0.0506 e. The highest BCUT2D eigenvalue weighted by atomic mass is 35.5. The van der Waals surface area contributed by atoms with E-state index in [2.05, 4.69) is 0 Å². The van der Waals surface area contributed by atoms with Crippen LogP contribution >= 0.6 is 23.2 Å². The van der Waals surface area contributed by atoms with Crippen LogP contribution in [0, 0.1) is 0 Å². The van der Waals surface area contributed by atoms with Gasteiger partial charge in [0.05, 0.1) is 12.1 Å². The summed E-state index contributed by atoms with van der Waals surface area (Å²) in [5.41, 5.74) is 14.0. The predicted octanol–water partition coefficient (Wildman–Crippen LogP) is 3.69. The van der Waals surface area contributed by atoms with Crippen LogP contribution in [0.25, 0.3) is 0 Å². The lowest BCUT2D eigenvalue weighted by molar-refractivity contribution is 0.575. The Bertz CT molecular complexity index is 493. The lowest BCUT2D eigenvalue weighted by Crippen LogP contribution is -2.27. The van der Waals surface area contributed by atoms with Gasteiger partial charge in [0, 0.05) is 10.0 Å². The molecule has 2 atom stereocenters. The van der Waals surface area contributed by atoms with Gasteiger partial charge in [-0.15, -0.1) is 0 Å². The van der Waals surface area contributed by atoms with Crippen molar-refractivity contribution in [2.24, 2.45) is 11.5 Å². The normalized spacial score (nSPS) is 14.2. The second kappa shape index (κ2) is 5.72. The van der Waals surface area contributed by atoms with Crippen molar-refractivity contribution in [3.05, 3.63) is 69.7 Å². The summed E-state index contributed by atoms with van der Waals surface area (Å²) >= 11 is 12.2. The average Bonchev–Trinajstić information content (AvgIpc) is 2.38. The summed E-state index contributed by atoms with van der Waals surface area (Å²) in [7, 11) is 0. The van der Waals surface area contributed by atoms with Crippen molar-refractivity contribution in [3.63, 3.8) is 0 Å².